The molecule has 0 unspecified atom stereocenters. The maximum Gasteiger partial charge on any atom is 0.233 e. The molecular formula is C23H21ClN4O2S. The number of aromatic nitrogens is 3. The summed E-state index contributed by atoms with van der Waals surface area (Å²) in [6.45, 7) is 1.03. The lowest BCUT2D eigenvalue weighted by Gasteiger charge is -2.17. The van der Waals surface area contributed by atoms with E-state index in [1.165, 1.54) is 11.8 Å². The Labute approximate surface area is 189 Å². The van der Waals surface area contributed by atoms with Gasteiger partial charge in [-0.3, -0.25) is 9.36 Å². The third-order valence-corrected chi connectivity index (χ3v) is 5.93. The molecule has 0 spiro atoms. The maximum absolute atomic E-state index is 12.7. The van der Waals surface area contributed by atoms with Crippen LogP contribution in [0.5, 0.6) is 0 Å². The highest BCUT2D eigenvalue weighted by atomic mass is 35.5. The highest BCUT2D eigenvalue weighted by molar-refractivity contribution is 7.99. The highest BCUT2D eigenvalue weighted by Crippen LogP contribution is 2.26. The van der Waals surface area contributed by atoms with Crippen LogP contribution in [0.25, 0.3) is 11.4 Å². The van der Waals surface area contributed by atoms with Gasteiger partial charge in [-0.25, -0.2) is 0 Å². The van der Waals surface area contributed by atoms with Crippen molar-refractivity contribution in [1.29, 1.82) is 0 Å². The molecule has 1 amide bonds. The van der Waals surface area contributed by atoms with Gasteiger partial charge in [0.2, 0.25) is 5.91 Å². The second-order valence-electron chi connectivity index (χ2n) is 7.00. The molecule has 0 bridgehead atoms. The molecule has 0 N–H and O–H groups in total. The maximum atomic E-state index is 12.7. The first-order chi connectivity index (χ1) is 15.1. The van der Waals surface area contributed by atoms with E-state index in [4.69, 9.17) is 16.0 Å². The number of amides is 1. The van der Waals surface area contributed by atoms with Crippen LogP contribution in [0, 0.1) is 0 Å². The number of carbonyl (C=O) groups excluding carboxylic acids is 1. The largest absolute Gasteiger partial charge is 0.467 e. The third-order valence-electron chi connectivity index (χ3n) is 4.73. The summed E-state index contributed by atoms with van der Waals surface area (Å²) in [6, 6.07) is 21.1. The van der Waals surface area contributed by atoms with Crippen LogP contribution in [0.4, 0.5) is 0 Å². The number of carbonyl (C=O) groups is 1. The first-order valence-corrected chi connectivity index (χ1v) is 11.1. The summed E-state index contributed by atoms with van der Waals surface area (Å²) in [5.41, 5.74) is 1.98. The van der Waals surface area contributed by atoms with Gasteiger partial charge in [0.25, 0.3) is 0 Å². The quantitative estimate of drug-likeness (QED) is 0.352. The molecule has 4 aromatic rings. The molecule has 0 aliphatic carbocycles. The standard InChI is InChI=1S/C23H21ClN4O2S/c1-27(14-17-6-3-2-4-7-17)21(29)16-31-23-26-25-22(18-9-11-19(24)12-10-18)28(23)15-20-8-5-13-30-20/h2-13H,14-16H2,1H3. The van der Waals surface area contributed by atoms with Gasteiger partial charge in [0, 0.05) is 24.2 Å². The topological polar surface area (TPSA) is 64.2 Å². The highest BCUT2D eigenvalue weighted by Gasteiger charge is 2.18. The number of nitrogens with zero attached hydrogens (tertiary/aromatic N) is 4. The second kappa shape index (κ2) is 9.85. The van der Waals surface area contributed by atoms with Crippen LogP contribution in [0.2, 0.25) is 5.02 Å². The predicted octanol–water partition coefficient (Wildman–Crippen LogP) is 4.99. The van der Waals surface area contributed by atoms with E-state index in [2.05, 4.69) is 10.2 Å². The minimum Gasteiger partial charge on any atom is -0.467 e. The Morgan fingerprint density at radius 3 is 2.55 bits per heavy atom. The SMILES string of the molecule is CN(Cc1ccccc1)C(=O)CSc1nnc(-c2ccc(Cl)cc2)n1Cc1ccco1. The van der Waals surface area contributed by atoms with Gasteiger partial charge in [-0.05, 0) is 42.0 Å². The molecule has 0 atom stereocenters. The molecule has 158 valence electrons. The van der Waals surface area contributed by atoms with Gasteiger partial charge in [-0.1, -0.05) is 53.7 Å². The molecule has 2 aromatic heterocycles. The normalized spacial score (nSPS) is 10.9. The van der Waals surface area contributed by atoms with E-state index < -0.39 is 0 Å². The summed E-state index contributed by atoms with van der Waals surface area (Å²) in [5.74, 6) is 1.76. The van der Waals surface area contributed by atoms with Crippen molar-refractivity contribution >= 4 is 29.3 Å². The second-order valence-corrected chi connectivity index (χ2v) is 8.38. The van der Waals surface area contributed by atoms with Crippen molar-refractivity contribution in [3.05, 3.63) is 89.3 Å². The van der Waals surface area contributed by atoms with Gasteiger partial charge in [0.1, 0.15) is 5.76 Å². The Kier molecular flexibility index (Phi) is 6.74. The molecule has 8 heteroatoms. The predicted molar refractivity (Wildman–Crippen MR) is 122 cm³/mol. The summed E-state index contributed by atoms with van der Waals surface area (Å²) >= 11 is 7.39. The monoisotopic (exact) mass is 452 g/mol. The fraction of sp³-hybridized carbons (Fsp3) is 0.174. The molecule has 0 radical (unpaired) electrons. The van der Waals surface area contributed by atoms with Gasteiger partial charge >= 0.3 is 0 Å². The third kappa shape index (κ3) is 5.37. The van der Waals surface area contributed by atoms with Crippen molar-refractivity contribution in [2.75, 3.05) is 12.8 Å². The lowest BCUT2D eigenvalue weighted by Crippen LogP contribution is -2.27. The molecule has 0 saturated carbocycles. The molecule has 0 saturated heterocycles. The van der Waals surface area contributed by atoms with Gasteiger partial charge in [-0.2, -0.15) is 0 Å². The van der Waals surface area contributed by atoms with Crippen molar-refractivity contribution in [2.45, 2.75) is 18.2 Å². The Bertz CT molecular complexity index is 1130. The van der Waals surface area contributed by atoms with Crippen LogP contribution in [0.15, 0.2) is 82.6 Å². The molecule has 2 heterocycles. The first kappa shape index (κ1) is 21.2. The molecule has 6 nitrogen and oxygen atoms in total. The van der Waals surface area contributed by atoms with E-state index in [9.17, 15) is 4.79 Å². The molecule has 0 aliphatic heterocycles. The summed E-state index contributed by atoms with van der Waals surface area (Å²) in [7, 11) is 1.81. The first-order valence-electron chi connectivity index (χ1n) is 9.72. The number of furan rings is 1. The molecule has 4 rings (SSSR count). The lowest BCUT2D eigenvalue weighted by molar-refractivity contribution is -0.127. The van der Waals surface area contributed by atoms with Gasteiger partial charge < -0.3 is 9.32 Å². The van der Waals surface area contributed by atoms with Gasteiger partial charge in [-0.15, -0.1) is 10.2 Å². The smallest absolute Gasteiger partial charge is 0.233 e. The fourth-order valence-corrected chi connectivity index (χ4v) is 4.10. The van der Waals surface area contributed by atoms with E-state index in [1.54, 1.807) is 11.2 Å². The van der Waals surface area contributed by atoms with Gasteiger partial charge in [0.15, 0.2) is 11.0 Å². The van der Waals surface area contributed by atoms with E-state index in [1.807, 2.05) is 78.3 Å². The number of thioether (sulfide) groups is 1. The van der Waals surface area contributed by atoms with E-state index in [0.717, 1.165) is 16.9 Å². The van der Waals surface area contributed by atoms with Crippen LogP contribution in [-0.2, 0) is 17.9 Å². The van der Waals surface area contributed by atoms with Crippen LogP contribution in [0.1, 0.15) is 11.3 Å². The summed E-state index contributed by atoms with van der Waals surface area (Å²) in [5, 5.41) is 10.0. The number of hydrogen-bond acceptors (Lipinski definition) is 5. The van der Waals surface area contributed by atoms with E-state index >= 15 is 0 Å². The minimum atomic E-state index is 0.0226. The lowest BCUT2D eigenvalue weighted by atomic mass is 10.2. The number of rotatable bonds is 8. The number of benzene rings is 2. The average Bonchev–Trinajstić information content (AvgIpc) is 3.44. The summed E-state index contributed by atoms with van der Waals surface area (Å²) in [4.78, 5) is 14.4. The molecule has 2 aromatic carbocycles. The Morgan fingerprint density at radius 1 is 1.06 bits per heavy atom. The van der Waals surface area contributed by atoms with Crippen molar-refractivity contribution in [3.8, 4) is 11.4 Å². The van der Waals surface area contributed by atoms with E-state index in [-0.39, 0.29) is 11.7 Å². The zero-order valence-electron chi connectivity index (χ0n) is 16.9. The molecule has 31 heavy (non-hydrogen) atoms. The van der Waals surface area contributed by atoms with Crippen LogP contribution in [-0.4, -0.2) is 38.4 Å². The minimum absolute atomic E-state index is 0.0226. The number of halogens is 1. The number of hydrogen-bond donors (Lipinski definition) is 0. The van der Waals surface area contributed by atoms with Crippen molar-refractivity contribution in [1.82, 2.24) is 19.7 Å². The fourth-order valence-electron chi connectivity index (χ4n) is 3.09. The van der Waals surface area contributed by atoms with Crippen molar-refractivity contribution < 1.29 is 9.21 Å². The molecule has 0 aliphatic rings. The van der Waals surface area contributed by atoms with Crippen LogP contribution < -0.4 is 0 Å². The molecule has 0 fully saturated rings. The van der Waals surface area contributed by atoms with Crippen molar-refractivity contribution in [2.24, 2.45) is 0 Å². The summed E-state index contributed by atoms with van der Waals surface area (Å²) in [6.07, 6.45) is 1.64. The van der Waals surface area contributed by atoms with Crippen molar-refractivity contribution in [3.63, 3.8) is 0 Å². The van der Waals surface area contributed by atoms with Gasteiger partial charge in [0.05, 0.1) is 18.6 Å². The average molecular weight is 453 g/mol. The molecular weight excluding hydrogens is 432 g/mol. The Hall–Kier alpha value is -3.03. The Morgan fingerprint density at radius 2 is 1.84 bits per heavy atom. The zero-order chi connectivity index (χ0) is 21.6. The van der Waals surface area contributed by atoms with E-state index in [0.29, 0.717) is 29.1 Å². The Balaban J connectivity index is 1.50. The zero-order valence-corrected chi connectivity index (χ0v) is 18.5. The summed E-state index contributed by atoms with van der Waals surface area (Å²) < 4.78 is 7.48. The van der Waals surface area contributed by atoms with Crippen LogP contribution in [0.3, 0.4) is 0 Å². The van der Waals surface area contributed by atoms with Crippen LogP contribution >= 0.6 is 23.4 Å².